The molecule has 0 atom stereocenters. The highest BCUT2D eigenvalue weighted by Gasteiger charge is 2.29. The zero-order chi connectivity index (χ0) is 13.7. The molecule has 1 aliphatic rings. The second-order valence-electron chi connectivity index (χ2n) is 4.53. The van der Waals surface area contributed by atoms with E-state index >= 15 is 0 Å². The van der Waals surface area contributed by atoms with E-state index in [1.54, 1.807) is 17.4 Å². The summed E-state index contributed by atoms with van der Waals surface area (Å²) in [5.41, 5.74) is -0.826. The van der Waals surface area contributed by atoms with Crippen LogP contribution in [0.4, 0.5) is 0 Å². The molecule has 1 aliphatic heterocycles. The predicted octanol–water partition coefficient (Wildman–Crippen LogP) is 2.18. The summed E-state index contributed by atoms with van der Waals surface area (Å²) < 4.78 is 6.22. The standard InChI is InChI=1S/C13H16BrNO3S/c14-11-3-1-10(19-11)2-4-12(16)15-9-13(17)5-7-18-8-6-13/h1-4,17H,5-9H2,(H,15,16). The quantitative estimate of drug-likeness (QED) is 0.822. The third kappa shape index (κ3) is 4.72. The minimum absolute atomic E-state index is 0.190. The summed E-state index contributed by atoms with van der Waals surface area (Å²) in [6.45, 7) is 1.37. The van der Waals surface area contributed by atoms with Crippen molar-refractivity contribution in [2.45, 2.75) is 18.4 Å². The van der Waals surface area contributed by atoms with Crippen LogP contribution >= 0.6 is 27.3 Å². The lowest BCUT2D eigenvalue weighted by atomic mass is 9.94. The molecule has 1 amide bonds. The van der Waals surface area contributed by atoms with E-state index in [4.69, 9.17) is 4.74 Å². The van der Waals surface area contributed by atoms with Crippen LogP contribution in [0.3, 0.4) is 0 Å². The first-order chi connectivity index (χ1) is 9.07. The highest BCUT2D eigenvalue weighted by Crippen LogP contribution is 2.23. The van der Waals surface area contributed by atoms with Gasteiger partial charge in [0, 0.05) is 43.6 Å². The van der Waals surface area contributed by atoms with E-state index in [0.717, 1.165) is 8.66 Å². The Hall–Kier alpha value is -0.690. The first-order valence-electron chi connectivity index (χ1n) is 6.09. The molecule has 0 saturated carbocycles. The average Bonchev–Trinajstić information content (AvgIpc) is 2.81. The van der Waals surface area contributed by atoms with Gasteiger partial charge in [-0.15, -0.1) is 11.3 Å². The average molecular weight is 346 g/mol. The summed E-state index contributed by atoms with van der Waals surface area (Å²) in [6, 6.07) is 3.87. The maximum absolute atomic E-state index is 11.7. The number of rotatable bonds is 4. The number of carbonyl (C=O) groups is 1. The van der Waals surface area contributed by atoms with Crippen LogP contribution in [0.2, 0.25) is 0 Å². The number of hydrogen-bond acceptors (Lipinski definition) is 4. The Balaban J connectivity index is 1.79. The lowest BCUT2D eigenvalue weighted by Crippen LogP contribution is -2.46. The third-order valence-electron chi connectivity index (χ3n) is 3.01. The van der Waals surface area contributed by atoms with E-state index in [1.807, 2.05) is 12.1 Å². The van der Waals surface area contributed by atoms with Crippen molar-refractivity contribution in [2.24, 2.45) is 0 Å². The summed E-state index contributed by atoms with van der Waals surface area (Å²) >= 11 is 4.93. The van der Waals surface area contributed by atoms with Crippen LogP contribution in [0.25, 0.3) is 6.08 Å². The zero-order valence-electron chi connectivity index (χ0n) is 10.4. The van der Waals surface area contributed by atoms with Gasteiger partial charge in [0.05, 0.1) is 9.39 Å². The number of aliphatic hydroxyl groups is 1. The fourth-order valence-corrected chi connectivity index (χ4v) is 3.14. The van der Waals surface area contributed by atoms with Crippen LogP contribution in [-0.4, -0.2) is 36.4 Å². The number of halogens is 1. The molecule has 0 radical (unpaired) electrons. The molecule has 0 unspecified atom stereocenters. The van der Waals surface area contributed by atoms with Crippen LogP contribution in [-0.2, 0) is 9.53 Å². The van der Waals surface area contributed by atoms with E-state index in [1.165, 1.54) is 6.08 Å². The van der Waals surface area contributed by atoms with E-state index in [0.29, 0.717) is 26.1 Å². The largest absolute Gasteiger partial charge is 0.388 e. The number of hydrogen-bond donors (Lipinski definition) is 2. The molecule has 2 heterocycles. The number of ether oxygens (including phenoxy) is 1. The molecule has 0 spiro atoms. The van der Waals surface area contributed by atoms with E-state index in [-0.39, 0.29) is 12.5 Å². The number of nitrogens with one attached hydrogen (secondary N) is 1. The summed E-state index contributed by atoms with van der Waals surface area (Å²) in [5.74, 6) is -0.190. The normalized spacial score (nSPS) is 18.6. The minimum Gasteiger partial charge on any atom is -0.388 e. The van der Waals surface area contributed by atoms with Gasteiger partial charge in [0.1, 0.15) is 0 Å². The van der Waals surface area contributed by atoms with Gasteiger partial charge in [-0.1, -0.05) is 0 Å². The molecule has 0 aromatic carbocycles. The highest BCUT2D eigenvalue weighted by atomic mass is 79.9. The maximum atomic E-state index is 11.7. The van der Waals surface area contributed by atoms with Gasteiger partial charge < -0.3 is 15.2 Å². The van der Waals surface area contributed by atoms with Gasteiger partial charge in [0.15, 0.2) is 0 Å². The molecule has 2 rings (SSSR count). The molecule has 4 nitrogen and oxygen atoms in total. The van der Waals surface area contributed by atoms with Gasteiger partial charge >= 0.3 is 0 Å². The molecule has 1 saturated heterocycles. The van der Waals surface area contributed by atoms with Crippen molar-refractivity contribution in [3.05, 3.63) is 26.9 Å². The molecule has 1 aromatic heterocycles. The van der Waals surface area contributed by atoms with Gasteiger partial charge in [0.2, 0.25) is 5.91 Å². The van der Waals surface area contributed by atoms with Crippen molar-refractivity contribution in [2.75, 3.05) is 19.8 Å². The molecule has 6 heteroatoms. The molecule has 1 fully saturated rings. The first kappa shape index (κ1) is 14.7. The number of amides is 1. The van der Waals surface area contributed by atoms with Crippen LogP contribution in [0.15, 0.2) is 22.0 Å². The highest BCUT2D eigenvalue weighted by molar-refractivity contribution is 9.11. The second kappa shape index (κ2) is 6.65. The van der Waals surface area contributed by atoms with Crippen molar-refractivity contribution in [3.8, 4) is 0 Å². The van der Waals surface area contributed by atoms with Crippen LogP contribution < -0.4 is 5.32 Å². The topological polar surface area (TPSA) is 58.6 Å². The van der Waals surface area contributed by atoms with Crippen molar-refractivity contribution in [3.63, 3.8) is 0 Å². The van der Waals surface area contributed by atoms with Crippen LogP contribution in [0.1, 0.15) is 17.7 Å². The Morgan fingerprint density at radius 3 is 2.89 bits per heavy atom. The van der Waals surface area contributed by atoms with E-state index in [9.17, 15) is 9.90 Å². The zero-order valence-corrected chi connectivity index (χ0v) is 12.8. The predicted molar refractivity (Wildman–Crippen MR) is 79.1 cm³/mol. The minimum atomic E-state index is -0.826. The summed E-state index contributed by atoms with van der Waals surface area (Å²) in [7, 11) is 0. The Morgan fingerprint density at radius 1 is 1.53 bits per heavy atom. The van der Waals surface area contributed by atoms with Gasteiger partial charge in [0.25, 0.3) is 0 Å². The lowest BCUT2D eigenvalue weighted by Gasteiger charge is -2.31. The van der Waals surface area contributed by atoms with Crippen molar-refractivity contribution in [1.29, 1.82) is 0 Å². The summed E-state index contributed by atoms with van der Waals surface area (Å²) in [5, 5.41) is 12.9. The Bertz CT molecular complexity index is 466. The molecule has 19 heavy (non-hydrogen) atoms. The SMILES string of the molecule is O=C(C=Cc1ccc(Br)s1)NCC1(O)CCOCC1. The monoisotopic (exact) mass is 345 g/mol. The Labute approximate surface area is 124 Å². The molecular weight excluding hydrogens is 330 g/mol. The number of carbonyl (C=O) groups excluding carboxylic acids is 1. The van der Waals surface area contributed by atoms with Gasteiger partial charge in [-0.2, -0.15) is 0 Å². The van der Waals surface area contributed by atoms with Crippen molar-refractivity contribution >= 4 is 39.2 Å². The number of thiophene rings is 1. The Kier molecular flexibility index (Phi) is 5.15. The fourth-order valence-electron chi connectivity index (χ4n) is 1.81. The molecule has 0 bridgehead atoms. The molecule has 0 aliphatic carbocycles. The van der Waals surface area contributed by atoms with Gasteiger partial charge in [-0.05, 0) is 34.1 Å². The fraction of sp³-hybridized carbons (Fsp3) is 0.462. The van der Waals surface area contributed by atoms with E-state index < -0.39 is 5.60 Å². The lowest BCUT2D eigenvalue weighted by molar-refractivity contribution is -0.119. The molecule has 2 N–H and O–H groups in total. The van der Waals surface area contributed by atoms with Gasteiger partial charge in [-0.3, -0.25) is 4.79 Å². The second-order valence-corrected chi connectivity index (χ2v) is 7.02. The summed E-state index contributed by atoms with van der Waals surface area (Å²) in [4.78, 5) is 12.7. The van der Waals surface area contributed by atoms with E-state index in [2.05, 4.69) is 21.2 Å². The maximum Gasteiger partial charge on any atom is 0.244 e. The van der Waals surface area contributed by atoms with Crippen molar-refractivity contribution in [1.82, 2.24) is 5.32 Å². The molecule has 104 valence electrons. The molecule has 1 aromatic rings. The molecular formula is C13H16BrNO3S. The first-order valence-corrected chi connectivity index (χ1v) is 7.70. The van der Waals surface area contributed by atoms with Crippen LogP contribution in [0, 0.1) is 0 Å². The summed E-state index contributed by atoms with van der Waals surface area (Å²) in [6.07, 6.45) is 4.38. The Morgan fingerprint density at radius 2 is 2.26 bits per heavy atom. The van der Waals surface area contributed by atoms with Crippen molar-refractivity contribution < 1.29 is 14.6 Å². The van der Waals surface area contributed by atoms with Crippen LogP contribution in [0.5, 0.6) is 0 Å². The van der Waals surface area contributed by atoms with Gasteiger partial charge in [-0.25, -0.2) is 0 Å². The third-order valence-corrected chi connectivity index (χ3v) is 4.60. The smallest absolute Gasteiger partial charge is 0.244 e.